The molecule has 1 aromatic carbocycles. The highest BCUT2D eigenvalue weighted by atomic mass is 19.4. The lowest BCUT2D eigenvalue weighted by Gasteiger charge is -2.41. The lowest BCUT2D eigenvalue weighted by Crippen LogP contribution is -2.53. The van der Waals surface area contributed by atoms with Crippen LogP contribution in [0.25, 0.3) is 0 Å². The molecule has 2 aromatic rings. The van der Waals surface area contributed by atoms with Gasteiger partial charge < -0.3 is 15.3 Å². The van der Waals surface area contributed by atoms with Crippen molar-refractivity contribution >= 4 is 5.91 Å². The number of amides is 1. The zero-order valence-electron chi connectivity index (χ0n) is 21.1. The molecule has 2 fully saturated rings. The van der Waals surface area contributed by atoms with E-state index in [1.807, 2.05) is 4.68 Å². The quantitative estimate of drug-likeness (QED) is 0.518. The first kappa shape index (κ1) is 28.3. The van der Waals surface area contributed by atoms with E-state index in [-0.39, 0.29) is 23.7 Å². The molecular weight excluding hydrogens is 516 g/mol. The van der Waals surface area contributed by atoms with Crippen molar-refractivity contribution in [1.29, 1.82) is 0 Å². The number of nitrogens with zero attached hydrogens (tertiary/aromatic N) is 4. The van der Waals surface area contributed by atoms with Crippen molar-refractivity contribution < 1.29 is 36.2 Å². The highest BCUT2D eigenvalue weighted by Gasteiger charge is 2.55. The molecule has 1 saturated heterocycles. The third-order valence-corrected chi connectivity index (χ3v) is 8.02. The number of aromatic nitrogens is 3. The van der Waals surface area contributed by atoms with Crippen molar-refractivity contribution in [2.24, 2.45) is 5.41 Å². The van der Waals surface area contributed by atoms with E-state index in [9.17, 15) is 36.2 Å². The topological polar surface area (TPSA) is 83.3 Å². The minimum absolute atomic E-state index is 0.00857. The average Bonchev–Trinajstić information content (AvgIpc) is 3.52. The second-order valence-electron chi connectivity index (χ2n) is 10.8. The van der Waals surface area contributed by atoms with Gasteiger partial charge in [-0.3, -0.25) is 4.79 Å². The Balaban J connectivity index is 1.46. The highest BCUT2D eigenvalue weighted by molar-refractivity contribution is 5.84. The van der Waals surface area contributed by atoms with Gasteiger partial charge >= 0.3 is 12.4 Å². The van der Waals surface area contributed by atoms with Gasteiger partial charge in [0.1, 0.15) is 12.7 Å². The summed E-state index contributed by atoms with van der Waals surface area (Å²) in [7, 11) is 0. The Morgan fingerprint density at radius 2 is 1.63 bits per heavy atom. The number of rotatable bonds is 6. The Hall–Kier alpha value is -2.67. The van der Waals surface area contributed by atoms with Gasteiger partial charge in [-0.05, 0) is 69.7 Å². The normalized spacial score (nSPS) is 24.1. The van der Waals surface area contributed by atoms with E-state index >= 15 is 0 Å². The lowest BCUT2D eigenvalue weighted by atomic mass is 9.71. The molecule has 0 bridgehead atoms. The second-order valence-corrected chi connectivity index (χ2v) is 10.8. The number of hydrogen-bond donors (Lipinski definition) is 2. The van der Waals surface area contributed by atoms with Crippen LogP contribution in [0.4, 0.5) is 26.3 Å². The van der Waals surface area contributed by atoms with E-state index in [2.05, 4.69) is 20.3 Å². The Labute approximate surface area is 216 Å². The fourth-order valence-electron chi connectivity index (χ4n) is 5.77. The molecule has 38 heavy (non-hydrogen) atoms. The van der Waals surface area contributed by atoms with Crippen molar-refractivity contribution in [3.63, 3.8) is 0 Å². The Kier molecular flexibility index (Phi) is 7.56. The van der Waals surface area contributed by atoms with Gasteiger partial charge in [-0.25, -0.2) is 9.67 Å². The summed E-state index contributed by atoms with van der Waals surface area (Å²) in [5.41, 5.74) is -5.91. The van der Waals surface area contributed by atoms with Gasteiger partial charge in [0.15, 0.2) is 0 Å². The highest BCUT2D eigenvalue weighted by Crippen LogP contribution is 2.49. The fourth-order valence-corrected chi connectivity index (χ4v) is 5.77. The molecule has 2 N–H and O–H groups in total. The van der Waals surface area contributed by atoms with Crippen molar-refractivity contribution in [1.82, 2.24) is 25.0 Å². The summed E-state index contributed by atoms with van der Waals surface area (Å²) in [5.74, 6) is -0.587. The molecule has 7 nitrogen and oxygen atoms in total. The molecule has 0 unspecified atom stereocenters. The van der Waals surface area contributed by atoms with E-state index in [1.54, 1.807) is 6.33 Å². The van der Waals surface area contributed by atoms with E-state index in [0.717, 1.165) is 25.9 Å². The number of piperidine rings is 1. The van der Waals surface area contributed by atoms with Crippen LogP contribution >= 0.6 is 0 Å². The van der Waals surface area contributed by atoms with Gasteiger partial charge in [0, 0.05) is 25.7 Å². The number of hydrogen-bond acceptors (Lipinski definition) is 5. The molecular formula is C25H31F6N5O2. The summed E-state index contributed by atoms with van der Waals surface area (Å²) in [6.45, 7) is 4.03. The van der Waals surface area contributed by atoms with E-state index in [1.165, 1.54) is 20.2 Å². The lowest BCUT2D eigenvalue weighted by molar-refractivity contribution is -0.147. The number of benzene rings is 1. The van der Waals surface area contributed by atoms with E-state index < -0.39 is 46.9 Å². The van der Waals surface area contributed by atoms with Crippen molar-refractivity contribution in [2.75, 3.05) is 13.1 Å². The van der Waals surface area contributed by atoms with Crippen LogP contribution < -0.4 is 5.32 Å². The first-order valence-electron chi connectivity index (χ1n) is 12.5. The summed E-state index contributed by atoms with van der Waals surface area (Å²) in [5, 5.41) is 17.7. The van der Waals surface area contributed by atoms with Crippen molar-refractivity contribution in [3.05, 3.63) is 47.5 Å². The van der Waals surface area contributed by atoms with Gasteiger partial charge in [-0.2, -0.15) is 31.4 Å². The van der Waals surface area contributed by atoms with E-state index in [0.29, 0.717) is 31.4 Å². The number of alkyl halides is 6. The van der Waals surface area contributed by atoms with Crippen LogP contribution in [0, 0.1) is 5.41 Å². The van der Waals surface area contributed by atoms with Crippen LogP contribution in [-0.4, -0.2) is 55.4 Å². The van der Waals surface area contributed by atoms with Gasteiger partial charge in [-0.1, -0.05) is 0 Å². The maximum atomic E-state index is 13.4. The molecule has 0 radical (unpaired) electrons. The number of aliphatic hydroxyl groups is 1. The first-order chi connectivity index (χ1) is 17.6. The van der Waals surface area contributed by atoms with Gasteiger partial charge in [0.25, 0.3) is 0 Å². The molecule has 1 aromatic heterocycles. The van der Waals surface area contributed by atoms with Crippen LogP contribution in [0.3, 0.4) is 0 Å². The predicted octanol–water partition coefficient (Wildman–Crippen LogP) is 4.58. The second kappa shape index (κ2) is 10.1. The number of carbonyl (C=O) groups excluding carboxylic acids is 1. The Morgan fingerprint density at radius 3 is 2.13 bits per heavy atom. The summed E-state index contributed by atoms with van der Waals surface area (Å²) < 4.78 is 81.2. The molecule has 13 heteroatoms. The monoisotopic (exact) mass is 547 g/mol. The summed E-state index contributed by atoms with van der Waals surface area (Å²) in [6.07, 6.45) is -3.79. The van der Waals surface area contributed by atoms with Crippen LogP contribution in [0.5, 0.6) is 0 Å². The maximum absolute atomic E-state index is 13.4. The van der Waals surface area contributed by atoms with Gasteiger partial charge in [0.2, 0.25) is 5.91 Å². The molecule has 0 spiro atoms. The van der Waals surface area contributed by atoms with Crippen LogP contribution in [-0.2, 0) is 23.7 Å². The SMILES string of the molecule is CC(C)(O)[C@]1(C(=O)NCc2cc(C(F)(F)F)cc(C(F)(F)F)c2)CC[C@@H](N2CCC(n3cncn3)CC2)C1. The Bertz CT molecular complexity index is 1090. The summed E-state index contributed by atoms with van der Waals surface area (Å²) in [6, 6.07) is 1.49. The largest absolute Gasteiger partial charge is 0.416 e. The zero-order valence-corrected chi connectivity index (χ0v) is 21.1. The summed E-state index contributed by atoms with van der Waals surface area (Å²) in [4.78, 5) is 19.7. The molecule has 2 heterocycles. The standard InChI is InChI=1S/C25H31F6N5O2/c1-22(2,38)23(6-3-20(12-23)35-7-4-19(5-8-35)36-15-32-14-34-36)21(37)33-13-16-9-17(24(26,27)28)11-18(10-16)25(29,30)31/h9-11,14-15,19-20,38H,3-8,12-13H2,1-2H3,(H,33,37)/t20-,23-/m1/s1. The smallest absolute Gasteiger partial charge is 0.389 e. The molecule has 210 valence electrons. The minimum Gasteiger partial charge on any atom is -0.389 e. The maximum Gasteiger partial charge on any atom is 0.416 e. The first-order valence-corrected chi connectivity index (χ1v) is 12.5. The van der Waals surface area contributed by atoms with Gasteiger partial charge in [0.05, 0.1) is 28.2 Å². The molecule has 4 rings (SSSR count). The number of halogens is 6. The predicted molar refractivity (Wildman–Crippen MR) is 125 cm³/mol. The number of nitrogens with one attached hydrogen (secondary N) is 1. The Morgan fingerprint density at radius 1 is 1.03 bits per heavy atom. The molecule has 1 aliphatic heterocycles. The van der Waals surface area contributed by atoms with Crippen molar-refractivity contribution in [3.8, 4) is 0 Å². The molecule has 1 aliphatic carbocycles. The van der Waals surface area contributed by atoms with Gasteiger partial charge in [-0.15, -0.1) is 0 Å². The fraction of sp³-hybridized carbons (Fsp3) is 0.640. The van der Waals surface area contributed by atoms with E-state index in [4.69, 9.17) is 0 Å². The van der Waals surface area contributed by atoms with Crippen LogP contribution in [0.15, 0.2) is 30.9 Å². The third kappa shape index (κ3) is 5.83. The molecule has 2 aliphatic rings. The van der Waals surface area contributed by atoms with Crippen LogP contribution in [0.1, 0.15) is 68.7 Å². The molecule has 2 atom stereocenters. The molecule has 1 amide bonds. The number of carbonyl (C=O) groups is 1. The third-order valence-electron chi connectivity index (χ3n) is 8.02. The van der Waals surface area contributed by atoms with Crippen molar-refractivity contribution in [2.45, 2.75) is 82.5 Å². The zero-order chi connectivity index (χ0) is 27.9. The summed E-state index contributed by atoms with van der Waals surface area (Å²) >= 11 is 0. The van der Waals surface area contributed by atoms with Crippen LogP contribution in [0.2, 0.25) is 0 Å². The number of likely N-dealkylation sites (tertiary alicyclic amines) is 1. The molecule has 1 saturated carbocycles. The average molecular weight is 548 g/mol. The minimum atomic E-state index is -4.98.